The number of hydrogen-bond acceptors (Lipinski definition) is 1. The number of benzene rings is 1. The van der Waals surface area contributed by atoms with Gasteiger partial charge < -0.3 is 0 Å². The molecule has 2 bridgehead atoms. The Morgan fingerprint density at radius 3 is 2.69 bits per heavy atom. The second-order valence-corrected chi connectivity index (χ2v) is 5.35. The fourth-order valence-electron chi connectivity index (χ4n) is 3.61. The van der Waals surface area contributed by atoms with E-state index in [0.29, 0.717) is 17.6 Å². The standard InChI is InChI=1S/C15H18O/c16-14-10-11-5-4-8-13(9-11)15(14)12-6-2-1-3-7-12/h1-3,6-7,11,13,15H,4-5,8-10H2/t11-,13+,15+/m0/s1. The van der Waals surface area contributed by atoms with E-state index in [2.05, 4.69) is 24.3 Å². The van der Waals surface area contributed by atoms with Gasteiger partial charge in [-0.3, -0.25) is 4.79 Å². The van der Waals surface area contributed by atoms with E-state index in [-0.39, 0.29) is 5.92 Å². The molecule has 2 fully saturated rings. The molecule has 0 radical (unpaired) electrons. The number of carbonyl (C=O) groups excluding carboxylic acids is 1. The zero-order valence-electron chi connectivity index (χ0n) is 9.56. The van der Waals surface area contributed by atoms with Gasteiger partial charge in [0.05, 0.1) is 0 Å². The Hall–Kier alpha value is -1.11. The highest BCUT2D eigenvalue weighted by atomic mass is 16.1. The lowest BCUT2D eigenvalue weighted by atomic mass is 9.64. The first-order valence-corrected chi connectivity index (χ1v) is 6.42. The van der Waals surface area contributed by atoms with Crippen molar-refractivity contribution >= 4 is 5.78 Å². The van der Waals surface area contributed by atoms with Crippen molar-refractivity contribution in [1.29, 1.82) is 0 Å². The van der Waals surface area contributed by atoms with Crippen molar-refractivity contribution < 1.29 is 4.79 Å². The molecule has 16 heavy (non-hydrogen) atoms. The van der Waals surface area contributed by atoms with Crippen LogP contribution in [0.2, 0.25) is 0 Å². The van der Waals surface area contributed by atoms with Crippen molar-refractivity contribution in [1.82, 2.24) is 0 Å². The summed E-state index contributed by atoms with van der Waals surface area (Å²) in [6, 6.07) is 10.4. The van der Waals surface area contributed by atoms with Gasteiger partial charge >= 0.3 is 0 Å². The van der Waals surface area contributed by atoms with Gasteiger partial charge in [0.2, 0.25) is 0 Å². The molecule has 3 atom stereocenters. The zero-order chi connectivity index (χ0) is 11.0. The number of carbonyl (C=O) groups is 1. The maximum absolute atomic E-state index is 12.2. The van der Waals surface area contributed by atoms with Crippen LogP contribution in [0.25, 0.3) is 0 Å². The van der Waals surface area contributed by atoms with Gasteiger partial charge in [0.1, 0.15) is 5.78 Å². The summed E-state index contributed by atoms with van der Waals surface area (Å²) in [5.74, 6) is 2.03. The lowest BCUT2D eigenvalue weighted by Crippen LogP contribution is -2.34. The highest BCUT2D eigenvalue weighted by Gasteiger charge is 2.39. The Balaban J connectivity index is 1.91. The monoisotopic (exact) mass is 214 g/mol. The second kappa shape index (κ2) is 4.04. The summed E-state index contributed by atoms with van der Waals surface area (Å²) in [4.78, 5) is 12.2. The van der Waals surface area contributed by atoms with Gasteiger partial charge in [0.25, 0.3) is 0 Å². The summed E-state index contributed by atoms with van der Waals surface area (Å²) in [6.07, 6.45) is 5.97. The van der Waals surface area contributed by atoms with Crippen molar-refractivity contribution in [3.63, 3.8) is 0 Å². The lowest BCUT2D eigenvalue weighted by Gasteiger charge is -2.39. The predicted molar refractivity (Wildman–Crippen MR) is 64.3 cm³/mol. The summed E-state index contributed by atoms with van der Waals surface area (Å²) in [5, 5.41) is 0. The second-order valence-electron chi connectivity index (χ2n) is 5.35. The molecule has 1 aromatic carbocycles. The Morgan fingerprint density at radius 2 is 1.88 bits per heavy atom. The minimum absolute atomic E-state index is 0.206. The lowest BCUT2D eigenvalue weighted by molar-refractivity contribution is -0.126. The van der Waals surface area contributed by atoms with Crippen LogP contribution < -0.4 is 0 Å². The molecule has 1 aromatic rings. The predicted octanol–water partition coefficient (Wildman–Crippen LogP) is 3.55. The number of ketones is 1. The van der Waals surface area contributed by atoms with Crippen LogP contribution in [0.5, 0.6) is 0 Å². The third-order valence-electron chi connectivity index (χ3n) is 4.29. The van der Waals surface area contributed by atoms with E-state index in [1.807, 2.05) is 6.07 Å². The van der Waals surface area contributed by atoms with E-state index in [9.17, 15) is 4.79 Å². The third kappa shape index (κ3) is 1.68. The SMILES string of the molecule is O=C1C[C@H]2CCC[C@H](C2)[C@H]1c1ccccc1. The van der Waals surface area contributed by atoms with E-state index in [1.54, 1.807) is 0 Å². The smallest absolute Gasteiger partial charge is 0.140 e. The molecule has 0 spiro atoms. The van der Waals surface area contributed by atoms with Crippen molar-refractivity contribution in [3.8, 4) is 0 Å². The number of fused-ring (bicyclic) bond motifs is 2. The molecule has 2 aliphatic carbocycles. The molecular formula is C15H18O. The maximum Gasteiger partial charge on any atom is 0.140 e. The van der Waals surface area contributed by atoms with Gasteiger partial charge in [-0.1, -0.05) is 43.2 Å². The molecule has 0 amide bonds. The normalized spacial score (nSPS) is 33.8. The van der Waals surface area contributed by atoms with Crippen LogP contribution in [0.3, 0.4) is 0 Å². The summed E-state index contributed by atoms with van der Waals surface area (Å²) in [5.41, 5.74) is 1.25. The van der Waals surface area contributed by atoms with Crippen molar-refractivity contribution in [2.75, 3.05) is 0 Å². The van der Waals surface area contributed by atoms with Crippen molar-refractivity contribution in [3.05, 3.63) is 35.9 Å². The highest BCUT2D eigenvalue weighted by Crippen LogP contribution is 2.45. The van der Waals surface area contributed by atoms with Gasteiger partial charge in [0, 0.05) is 12.3 Å². The van der Waals surface area contributed by atoms with Gasteiger partial charge in [-0.05, 0) is 30.2 Å². The Kier molecular flexibility index (Phi) is 2.55. The van der Waals surface area contributed by atoms with Crippen LogP contribution in [0.4, 0.5) is 0 Å². The van der Waals surface area contributed by atoms with E-state index in [4.69, 9.17) is 0 Å². The van der Waals surface area contributed by atoms with E-state index in [0.717, 1.165) is 6.42 Å². The average molecular weight is 214 g/mol. The van der Waals surface area contributed by atoms with Crippen LogP contribution >= 0.6 is 0 Å². The molecule has 0 N–H and O–H groups in total. The number of rotatable bonds is 1. The van der Waals surface area contributed by atoms with Crippen LogP contribution in [-0.2, 0) is 4.79 Å². The number of Topliss-reactive ketones (excluding diaryl/α,β-unsaturated/α-hetero) is 1. The Morgan fingerprint density at radius 1 is 1.06 bits per heavy atom. The quantitative estimate of drug-likeness (QED) is 0.698. The molecule has 0 unspecified atom stereocenters. The molecule has 0 aromatic heterocycles. The molecule has 84 valence electrons. The average Bonchev–Trinajstić information content (AvgIpc) is 2.30. The minimum Gasteiger partial charge on any atom is -0.299 e. The van der Waals surface area contributed by atoms with Crippen LogP contribution in [-0.4, -0.2) is 5.78 Å². The number of hydrogen-bond donors (Lipinski definition) is 0. The summed E-state index contributed by atoms with van der Waals surface area (Å²) in [7, 11) is 0. The largest absolute Gasteiger partial charge is 0.299 e. The van der Waals surface area contributed by atoms with Gasteiger partial charge in [0.15, 0.2) is 0 Å². The van der Waals surface area contributed by atoms with Crippen LogP contribution in [0, 0.1) is 11.8 Å². The van der Waals surface area contributed by atoms with Crippen LogP contribution in [0.1, 0.15) is 43.6 Å². The van der Waals surface area contributed by atoms with Gasteiger partial charge in [-0.25, -0.2) is 0 Å². The third-order valence-corrected chi connectivity index (χ3v) is 4.29. The summed E-state index contributed by atoms with van der Waals surface area (Å²) in [6.45, 7) is 0. The summed E-state index contributed by atoms with van der Waals surface area (Å²) >= 11 is 0. The molecule has 1 nitrogen and oxygen atoms in total. The van der Waals surface area contributed by atoms with E-state index >= 15 is 0 Å². The molecule has 2 saturated carbocycles. The van der Waals surface area contributed by atoms with E-state index < -0.39 is 0 Å². The minimum atomic E-state index is 0.206. The molecular weight excluding hydrogens is 196 g/mol. The molecule has 1 heteroatoms. The topological polar surface area (TPSA) is 17.1 Å². The van der Waals surface area contributed by atoms with Crippen molar-refractivity contribution in [2.45, 2.75) is 38.0 Å². The molecule has 3 rings (SSSR count). The fourth-order valence-corrected chi connectivity index (χ4v) is 3.61. The first-order chi connectivity index (χ1) is 7.84. The van der Waals surface area contributed by atoms with Crippen LogP contribution in [0.15, 0.2) is 30.3 Å². The molecule has 2 aliphatic rings. The Labute approximate surface area is 96.9 Å². The van der Waals surface area contributed by atoms with Gasteiger partial charge in [-0.15, -0.1) is 0 Å². The molecule has 0 saturated heterocycles. The molecule has 0 aliphatic heterocycles. The fraction of sp³-hybridized carbons (Fsp3) is 0.533. The first-order valence-electron chi connectivity index (χ1n) is 6.42. The zero-order valence-corrected chi connectivity index (χ0v) is 9.56. The Bertz CT molecular complexity index is 382. The van der Waals surface area contributed by atoms with Crippen molar-refractivity contribution in [2.24, 2.45) is 11.8 Å². The first kappa shape index (κ1) is 10.1. The molecule has 0 heterocycles. The highest BCUT2D eigenvalue weighted by molar-refractivity contribution is 5.87. The van der Waals surface area contributed by atoms with E-state index in [1.165, 1.54) is 31.2 Å². The van der Waals surface area contributed by atoms with Gasteiger partial charge in [-0.2, -0.15) is 0 Å². The maximum atomic E-state index is 12.2. The summed E-state index contributed by atoms with van der Waals surface area (Å²) < 4.78 is 0.